The van der Waals surface area contributed by atoms with E-state index in [9.17, 15) is 14.0 Å². The third-order valence-electron chi connectivity index (χ3n) is 7.15. The second-order valence-electron chi connectivity index (χ2n) is 9.68. The van der Waals surface area contributed by atoms with Crippen LogP contribution >= 0.6 is 11.6 Å². The number of piperazine rings is 1. The van der Waals surface area contributed by atoms with E-state index in [4.69, 9.17) is 11.6 Å². The Morgan fingerprint density at radius 1 is 0.875 bits per heavy atom. The van der Waals surface area contributed by atoms with Gasteiger partial charge in [-0.25, -0.2) is 4.39 Å². The van der Waals surface area contributed by atoms with Crippen molar-refractivity contribution in [3.05, 3.63) is 113 Å². The van der Waals surface area contributed by atoms with Crippen molar-refractivity contribution in [2.45, 2.75) is 13.0 Å². The zero-order valence-electron chi connectivity index (χ0n) is 22.1. The van der Waals surface area contributed by atoms with Crippen LogP contribution < -0.4 is 4.90 Å². The highest BCUT2D eigenvalue weighted by Gasteiger charge is 2.29. The lowest BCUT2D eigenvalue weighted by Crippen LogP contribution is -2.52. The molecule has 1 aromatic heterocycles. The first kappa shape index (κ1) is 27.3. The number of carbonyl (C=O) groups excluding carboxylic acids is 2. The van der Waals surface area contributed by atoms with Gasteiger partial charge in [0.2, 0.25) is 5.91 Å². The molecule has 0 unspecified atom stereocenters. The van der Waals surface area contributed by atoms with Gasteiger partial charge in [0, 0.05) is 42.3 Å². The number of amides is 2. The van der Waals surface area contributed by atoms with E-state index in [2.05, 4.69) is 15.1 Å². The van der Waals surface area contributed by atoms with E-state index < -0.39 is 0 Å². The number of nitrogens with zero attached hydrogens (tertiary/aromatic N) is 5. The van der Waals surface area contributed by atoms with Gasteiger partial charge in [-0.1, -0.05) is 41.9 Å². The average Bonchev–Trinajstić information content (AvgIpc) is 3.00. The topological polar surface area (TPSA) is 69.6 Å². The maximum atomic E-state index is 13.5. The van der Waals surface area contributed by atoms with E-state index in [0.29, 0.717) is 42.5 Å². The summed E-state index contributed by atoms with van der Waals surface area (Å²) in [5.41, 5.74) is 2.88. The molecule has 204 valence electrons. The lowest BCUT2D eigenvalue weighted by Gasteiger charge is -2.37. The summed E-state index contributed by atoms with van der Waals surface area (Å²) in [6, 6.07) is 26.0. The Labute approximate surface area is 237 Å². The number of halogens is 2. The molecule has 1 fully saturated rings. The Hall–Kier alpha value is -4.30. The molecule has 4 aromatic rings. The SMILES string of the molecule is C[C@@H](c1ccccc1)N(CC(=O)N1CCN(c2ccc(-c3ccc(F)cc3)nn2)CC1)C(=O)c1ccc(Cl)cc1. The molecule has 7 nitrogen and oxygen atoms in total. The van der Waals surface area contributed by atoms with E-state index in [1.165, 1.54) is 12.1 Å². The van der Waals surface area contributed by atoms with Crippen LogP contribution in [0.3, 0.4) is 0 Å². The van der Waals surface area contributed by atoms with Gasteiger partial charge in [-0.3, -0.25) is 9.59 Å². The fraction of sp³-hybridized carbons (Fsp3) is 0.226. The standard InChI is InChI=1S/C31H29ClFN5O2/c1-22(23-5-3-2-4-6-23)38(31(40)25-7-11-26(32)12-8-25)21-30(39)37-19-17-36(18-20-37)29-16-15-28(34-35-29)24-9-13-27(33)14-10-24/h2-16,22H,17-21H2,1H3/t22-/m0/s1. The zero-order valence-corrected chi connectivity index (χ0v) is 22.8. The molecule has 1 aliphatic heterocycles. The number of aromatic nitrogens is 2. The van der Waals surface area contributed by atoms with E-state index in [0.717, 1.165) is 16.9 Å². The van der Waals surface area contributed by atoms with Gasteiger partial charge < -0.3 is 14.7 Å². The average molecular weight is 558 g/mol. The van der Waals surface area contributed by atoms with E-state index in [1.54, 1.807) is 46.2 Å². The minimum absolute atomic E-state index is 0.0380. The van der Waals surface area contributed by atoms with Crippen molar-refractivity contribution in [2.75, 3.05) is 37.6 Å². The second-order valence-corrected chi connectivity index (χ2v) is 10.1. The van der Waals surface area contributed by atoms with Crippen molar-refractivity contribution in [3.8, 4) is 11.3 Å². The van der Waals surface area contributed by atoms with Crippen LogP contribution in [-0.2, 0) is 4.79 Å². The highest BCUT2D eigenvalue weighted by atomic mass is 35.5. The van der Waals surface area contributed by atoms with Crippen molar-refractivity contribution in [1.29, 1.82) is 0 Å². The maximum Gasteiger partial charge on any atom is 0.254 e. The van der Waals surface area contributed by atoms with Crippen molar-refractivity contribution >= 4 is 29.2 Å². The van der Waals surface area contributed by atoms with Crippen LogP contribution in [0.2, 0.25) is 5.02 Å². The van der Waals surface area contributed by atoms with Gasteiger partial charge in [0.05, 0.1) is 11.7 Å². The summed E-state index contributed by atoms with van der Waals surface area (Å²) in [6.45, 7) is 4.09. The van der Waals surface area contributed by atoms with E-state index in [-0.39, 0.29) is 30.2 Å². The summed E-state index contributed by atoms with van der Waals surface area (Å²) >= 11 is 6.03. The Morgan fingerprint density at radius 3 is 2.17 bits per heavy atom. The largest absolute Gasteiger partial charge is 0.352 e. The molecule has 0 bridgehead atoms. The summed E-state index contributed by atoms with van der Waals surface area (Å²) < 4.78 is 13.2. The predicted molar refractivity (Wildman–Crippen MR) is 154 cm³/mol. The smallest absolute Gasteiger partial charge is 0.254 e. The van der Waals surface area contributed by atoms with E-state index >= 15 is 0 Å². The molecule has 3 aromatic carbocycles. The van der Waals surface area contributed by atoms with Gasteiger partial charge in [-0.05, 0) is 73.2 Å². The van der Waals surface area contributed by atoms with Gasteiger partial charge in [0.15, 0.2) is 5.82 Å². The van der Waals surface area contributed by atoms with Crippen LogP contribution in [0, 0.1) is 5.82 Å². The maximum absolute atomic E-state index is 13.5. The molecule has 1 aliphatic rings. The number of benzene rings is 3. The molecule has 1 saturated heterocycles. The molecule has 0 spiro atoms. The second kappa shape index (κ2) is 12.3. The van der Waals surface area contributed by atoms with Crippen LogP contribution in [-0.4, -0.2) is 64.5 Å². The number of rotatable bonds is 7. The first-order valence-corrected chi connectivity index (χ1v) is 13.5. The first-order chi connectivity index (χ1) is 19.4. The third-order valence-corrected chi connectivity index (χ3v) is 7.41. The lowest BCUT2D eigenvalue weighted by molar-refractivity contribution is -0.132. The summed E-state index contributed by atoms with van der Waals surface area (Å²) in [5, 5.41) is 9.20. The molecule has 2 heterocycles. The number of hydrogen-bond donors (Lipinski definition) is 0. The Bertz CT molecular complexity index is 1440. The summed E-state index contributed by atoms with van der Waals surface area (Å²) in [7, 11) is 0. The monoisotopic (exact) mass is 557 g/mol. The highest BCUT2D eigenvalue weighted by molar-refractivity contribution is 6.30. The summed E-state index contributed by atoms with van der Waals surface area (Å²) in [6.07, 6.45) is 0. The number of hydrogen-bond acceptors (Lipinski definition) is 5. The number of carbonyl (C=O) groups is 2. The van der Waals surface area contributed by atoms with Gasteiger partial charge in [-0.2, -0.15) is 0 Å². The molecule has 0 N–H and O–H groups in total. The molecular formula is C31H29ClFN5O2. The molecule has 9 heteroatoms. The fourth-order valence-electron chi connectivity index (χ4n) is 4.75. The van der Waals surface area contributed by atoms with Gasteiger partial charge in [0.1, 0.15) is 12.4 Å². The van der Waals surface area contributed by atoms with Crippen LogP contribution in [0.15, 0.2) is 91.0 Å². The Balaban J connectivity index is 1.24. The molecule has 2 amide bonds. The van der Waals surface area contributed by atoms with Crippen molar-refractivity contribution in [1.82, 2.24) is 20.0 Å². The Morgan fingerprint density at radius 2 is 1.55 bits per heavy atom. The molecule has 0 saturated carbocycles. The molecule has 40 heavy (non-hydrogen) atoms. The molecule has 0 radical (unpaired) electrons. The van der Waals surface area contributed by atoms with Crippen molar-refractivity contribution in [2.24, 2.45) is 0 Å². The van der Waals surface area contributed by atoms with Gasteiger partial charge in [0.25, 0.3) is 5.91 Å². The van der Waals surface area contributed by atoms with Gasteiger partial charge >= 0.3 is 0 Å². The normalized spacial score (nSPS) is 14.1. The van der Waals surface area contributed by atoms with Gasteiger partial charge in [-0.15, -0.1) is 10.2 Å². The van der Waals surface area contributed by atoms with Crippen molar-refractivity contribution < 1.29 is 14.0 Å². The number of anilines is 1. The van der Waals surface area contributed by atoms with Crippen LogP contribution in [0.25, 0.3) is 11.3 Å². The molecule has 0 aliphatic carbocycles. The molecule has 5 rings (SSSR count). The minimum atomic E-state index is -0.301. The molecular weight excluding hydrogens is 529 g/mol. The van der Waals surface area contributed by atoms with Crippen molar-refractivity contribution in [3.63, 3.8) is 0 Å². The van der Waals surface area contributed by atoms with E-state index in [1.807, 2.05) is 49.4 Å². The zero-order chi connectivity index (χ0) is 28.1. The summed E-state index contributed by atoms with van der Waals surface area (Å²) in [5.74, 6) is 0.0851. The van der Waals surface area contributed by atoms with Crippen LogP contribution in [0.4, 0.5) is 10.2 Å². The lowest BCUT2D eigenvalue weighted by atomic mass is 10.1. The predicted octanol–water partition coefficient (Wildman–Crippen LogP) is 5.49. The summed E-state index contributed by atoms with van der Waals surface area (Å²) in [4.78, 5) is 32.5. The Kier molecular flexibility index (Phi) is 8.36. The molecule has 1 atom stereocenters. The fourth-order valence-corrected chi connectivity index (χ4v) is 4.88. The minimum Gasteiger partial charge on any atom is -0.352 e. The van der Waals surface area contributed by atoms with Crippen LogP contribution in [0.1, 0.15) is 28.9 Å². The quantitative estimate of drug-likeness (QED) is 0.301. The first-order valence-electron chi connectivity index (χ1n) is 13.1. The highest BCUT2D eigenvalue weighted by Crippen LogP contribution is 2.24. The van der Waals surface area contributed by atoms with Crippen LogP contribution in [0.5, 0.6) is 0 Å². The third kappa shape index (κ3) is 6.29.